The summed E-state index contributed by atoms with van der Waals surface area (Å²) in [6, 6.07) is 0. The fourth-order valence-electron chi connectivity index (χ4n) is 0.237. The minimum Gasteiger partial charge on any atom is -0.449 e. The van der Waals surface area contributed by atoms with Crippen molar-refractivity contribution in [2.45, 2.75) is 6.42 Å². The van der Waals surface area contributed by atoms with Crippen molar-refractivity contribution in [1.82, 2.24) is 0 Å². The summed E-state index contributed by atoms with van der Waals surface area (Å²) in [4.78, 5) is 9.68. The zero-order valence-electron chi connectivity index (χ0n) is 4.71. The summed E-state index contributed by atoms with van der Waals surface area (Å²) >= 11 is 3.16. The molecule has 0 aliphatic heterocycles. The van der Waals surface area contributed by atoms with Gasteiger partial charge in [0.15, 0.2) is 0 Å². The third-order valence-electron chi connectivity index (χ3n) is 0.541. The number of carboxylic acid groups (broad SMARTS) is 1. The van der Waals surface area contributed by atoms with Crippen molar-refractivity contribution in [3.63, 3.8) is 0 Å². The molecule has 0 bridgehead atoms. The Hall–Kier alpha value is -0.510. The summed E-state index contributed by atoms with van der Waals surface area (Å²) in [6.07, 6.45) is 2.28. The Labute approximate surface area is 61.4 Å². The van der Waals surface area contributed by atoms with Crippen LogP contribution in [0.25, 0.3) is 0 Å². The lowest BCUT2D eigenvalue weighted by Crippen LogP contribution is -1.91. The van der Waals surface area contributed by atoms with E-state index in [2.05, 4.69) is 20.7 Å². The minimum atomic E-state index is -1.28. The molecule has 0 aliphatic rings. The quantitative estimate of drug-likeness (QED) is 0.425. The molecule has 0 fully saturated rings. The summed E-state index contributed by atoms with van der Waals surface area (Å²) in [5, 5.41) is 8.74. The van der Waals surface area contributed by atoms with Crippen LogP contribution in [0.5, 0.6) is 0 Å². The molecule has 0 radical (unpaired) electrons. The normalized spacial score (nSPS) is 9.89. The average molecular weight is 195 g/mol. The van der Waals surface area contributed by atoms with E-state index in [1.807, 2.05) is 0 Å². The van der Waals surface area contributed by atoms with Crippen LogP contribution in [-0.2, 0) is 4.74 Å². The van der Waals surface area contributed by atoms with Gasteiger partial charge >= 0.3 is 6.16 Å². The van der Waals surface area contributed by atoms with Gasteiger partial charge in [0.05, 0.1) is 6.26 Å². The number of halogens is 1. The highest BCUT2D eigenvalue weighted by Gasteiger charge is 1.86. The molecule has 0 spiro atoms. The van der Waals surface area contributed by atoms with Crippen LogP contribution in [-0.4, -0.2) is 16.6 Å². The molecule has 0 amide bonds. The second-order valence-electron chi connectivity index (χ2n) is 1.23. The summed E-state index contributed by atoms with van der Waals surface area (Å²) in [5.74, 6) is 0. The van der Waals surface area contributed by atoms with E-state index in [9.17, 15) is 4.79 Å². The second-order valence-corrected chi connectivity index (χ2v) is 2.03. The lowest BCUT2D eigenvalue weighted by Gasteiger charge is -1.86. The van der Waals surface area contributed by atoms with Crippen molar-refractivity contribution < 1.29 is 14.6 Å². The van der Waals surface area contributed by atoms with E-state index < -0.39 is 6.16 Å². The van der Waals surface area contributed by atoms with E-state index in [0.29, 0.717) is 0 Å². The van der Waals surface area contributed by atoms with E-state index in [4.69, 9.17) is 5.11 Å². The van der Waals surface area contributed by atoms with Gasteiger partial charge in [-0.3, -0.25) is 0 Å². The number of hydrogen-bond donors (Lipinski definition) is 1. The molecular formula is C5H7BrO3. The molecule has 0 unspecified atom stereocenters. The first-order chi connectivity index (χ1) is 4.27. The molecule has 4 heteroatoms. The highest BCUT2D eigenvalue weighted by atomic mass is 79.9. The van der Waals surface area contributed by atoms with Gasteiger partial charge in [-0.1, -0.05) is 15.9 Å². The molecule has 0 aliphatic carbocycles. The summed E-state index contributed by atoms with van der Waals surface area (Å²) < 4.78 is 4.06. The van der Waals surface area contributed by atoms with Gasteiger partial charge in [0.2, 0.25) is 0 Å². The van der Waals surface area contributed by atoms with Crippen molar-refractivity contribution in [3.05, 3.63) is 12.3 Å². The standard InChI is InChI=1S/C5H7BrO3/c6-3-1-2-4-9-5(7)8/h2,4H,1,3H2,(H,7,8). The molecule has 0 saturated carbocycles. The number of alkyl halides is 1. The van der Waals surface area contributed by atoms with Crippen molar-refractivity contribution in [3.8, 4) is 0 Å². The molecule has 0 aromatic carbocycles. The number of ether oxygens (including phenoxy) is 1. The smallest absolute Gasteiger partial charge is 0.449 e. The lowest BCUT2D eigenvalue weighted by molar-refractivity contribution is 0.128. The maximum absolute atomic E-state index is 9.68. The fourth-order valence-corrected chi connectivity index (χ4v) is 0.502. The lowest BCUT2D eigenvalue weighted by atomic mass is 10.5. The molecule has 52 valence electrons. The maximum atomic E-state index is 9.68. The Morgan fingerprint density at radius 1 is 1.78 bits per heavy atom. The van der Waals surface area contributed by atoms with E-state index in [1.54, 1.807) is 6.08 Å². The minimum absolute atomic E-state index is 0.771. The number of hydrogen-bond acceptors (Lipinski definition) is 2. The highest BCUT2D eigenvalue weighted by molar-refractivity contribution is 9.09. The van der Waals surface area contributed by atoms with Gasteiger partial charge in [-0.25, -0.2) is 4.79 Å². The molecular weight excluding hydrogens is 188 g/mol. The van der Waals surface area contributed by atoms with Gasteiger partial charge in [0.25, 0.3) is 0 Å². The SMILES string of the molecule is O=C(O)OC=CCCBr. The first-order valence-electron chi connectivity index (χ1n) is 2.38. The highest BCUT2D eigenvalue weighted by Crippen LogP contribution is 1.89. The summed E-state index contributed by atoms with van der Waals surface area (Å²) in [5.41, 5.74) is 0. The molecule has 0 saturated heterocycles. The third kappa shape index (κ3) is 7.49. The third-order valence-corrected chi connectivity index (χ3v) is 0.999. The molecule has 0 heterocycles. The monoisotopic (exact) mass is 194 g/mol. The van der Waals surface area contributed by atoms with Gasteiger partial charge in [-0.05, 0) is 12.5 Å². The second kappa shape index (κ2) is 5.62. The van der Waals surface area contributed by atoms with Crippen LogP contribution in [0.4, 0.5) is 4.79 Å². The van der Waals surface area contributed by atoms with Crippen LogP contribution in [0.15, 0.2) is 12.3 Å². The van der Waals surface area contributed by atoms with Crippen molar-refractivity contribution in [2.24, 2.45) is 0 Å². The molecule has 0 aromatic heterocycles. The van der Waals surface area contributed by atoms with Crippen molar-refractivity contribution in [1.29, 1.82) is 0 Å². The van der Waals surface area contributed by atoms with Crippen LogP contribution in [0.3, 0.4) is 0 Å². The Bertz CT molecular complexity index is 111. The Balaban J connectivity index is 3.14. The molecule has 1 N–H and O–H groups in total. The van der Waals surface area contributed by atoms with Crippen molar-refractivity contribution in [2.75, 3.05) is 5.33 Å². The zero-order chi connectivity index (χ0) is 7.11. The molecule has 0 atom stereocenters. The van der Waals surface area contributed by atoms with Crippen LogP contribution in [0.1, 0.15) is 6.42 Å². The number of rotatable bonds is 3. The van der Waals surface area contributed by atoms with Crippen molar-refractivity contribution >= 4 is 22.1 Å². The molecule has 0 rings (SSSR count). The predicted octanol–water partition coefficient (Wildman–Crippen LogP) is 1.98. The fraction of sp³-hybridized carbons (Fsp3) is 0.400. The first-order valence-corrected chi connectivity index (χ1v) is 3.50. The van der Waals surface area contributed by atoms with Gasteiger partial charge < -0.3 is 9.84 Å². The van der Waals surface area contributed by atoms with Crippen LogP contribution >= 0.6 is 15.9 Å². The topological polar surface area (TPSA) is 46.5 Å². The maximum Gasteiger partial charge on any atom is 0.510 e. The Morgan fingerprint density at radius 3 is 2.89 bits per heavy atom. The van der Waals surface area contributed by atoms with E-state index in [-0.39, 0.29) is 0 Å². The number of carbonyl (C=O) groups is 1. The molecule has 3 nitrogen and oxygen atoms in total. The average Bonchev–Trinajstić information content (AvgIpc) is 1.80. The van der Waals surface area contributed by atoms with Gasteiger partial charge in [0.1, 0.15) is 0 Å². The Morgan fingerprint density at radius 2 is 2.44 bits per heavy atom. The van der Waals surface area contributed by atoms with E-state index in [1.165, 1.54) is 0 Å². The molecule has 0 aromatic rings. The summed E-state index contributed by atoms with van der Waals surface area (Å²) in [7, 11) is 0. The van der Waals surface area contributed by atoms with Crippen LogP contribution in [0, 0.1) is 0 Å². The number of allylic oxidation sites excluding steroid dienone is 1. The first kappa shape index (κ1) is 8.49. The zero-order valence-corrected chi connectivity index (χ0v) is 6.30. The van der Waals surface area contributed by atoms with E-state index in [0.717, 1.165) is 18.0 Å². The van der Waals surface area contributed by atoms with Gasteiger partial charge in [0, 0.05) is 5.33 Å². The Kier molecular flexibility index (Phi) is 5.30. The largest absolute Gasteiger partial charge is 0.510 e. The van der Waals surface area contributed by atoms with Gasteiger partial charge in [-0.15, -0.1) is 0 Å². The van der Waals surface area contributed by atoms with E-state index >= 15 is 0 Å². The van der Waals surface area contributed by atoms with Crippen LogP contribution < -0.4 is 0 Å². The molecule has 9 heavy (non-hydrogen) atoms. The van der Waals surface area contributed by atoms with Crippen LogP contribution in [0.2, 0.25) is 0 Å². The predicted molar refractivity (Wildman–Crippen MR) is 36.7 cm³/mol. The summed E-state index contributed by atoms with van der Waals surface area (Å²) in [6.45, 7) is 0. The van der Waals surface area contributed by atoms with Gasteiger partial charge in [-0.2, -0.15) is 0 Å².